The van der Waals surface area contributed by atoms with E-state index in [2.05, 4.69) is 24.0 Å². The van der Waals surface area contributed by atoms with Gasteiger partial charge in [0, 0.05) is 31.3 Å². The standard InChI is InChI=1S/C21H23N3O5/c1-15-13-28-14-19(16-6-3-2-4-7-16)22(15)10-5-11-23-18-12-17(24(26)27)8-9-20(18)29-21(23)25/h2-4,6-9,12,15,19H,5,10-11,13-14H2,1H3/t15-,19+/m0/s1. The van der Waals surface area contributed by atoms with Crippen molar-refractivity contribution in [2.45, 2.75) is 32.0 Å². The summed E-state index contributed by atoms with van der Waals surface area (Å²) in [5.74, 6) is -0.491. The topological polar surface area (TPSA) is 90.8 Å². The third-order valence-corrected chi connectivity index (χ3v) is 5.45. The Hall–Kier alpha value is -2.97. The summed E-state index contributed by atoms with van der Waals surface area (Å²) in [7, 11) is 0. The lowest BCUT2D eigenvalue weighted by molar-refractivity contribution is -0.384. The summed E-state index contributed by atoms with van der Waals surface area (Å²) in [4.78, 5) is 25.2. The van der Waals surface area contributed by atoms with Crippen molar-refractivity contribution in [2.24, 2.45) is 0 Å². The molecule has 29 heavy (non-hydrogen) atoms. The number of aromatic nitrogens is 1. The summed E-state index contributed by atoms with van der Waals surface area (Å²) in [6, 6.07) is 14.9. The van der Waals surface area contributed by atoms with Gasteiger partial charge in [0.15, 0.2) is 5.58 Å². The van der Waals surface area contributed by atoms with Crippen LogP contribution in [0.15, 0.2) is 57.7 Å². The van der Waals surface area contributed by atoms with Crippen molar-refractivity contribution < 1.29 is 14.1 Å². The van der Waals surface area contributed by atoms with E-state index in [0.29, 0.717) is 37.3 Å². The van der Waals surface area contributed by atoms with Crippen LogP contribution in [0.2, 0.25) is 0 Å². The molecular weight excluding hydrogens is 374 g/mol. The maximum absolute atomic E-state index is 12.2. The molecule has 0 bridgehead atoms. The van der Waals surface area contributed by atoms with Gasteiger partial charge in [0.05, 0.1) is 29.7 Å². The lowest BCUT2D eigenvalue weighted by Gasteiger charge is -2.40. The minimum Gasteiger partial charge on any atom is -0.408 e. The summed E-state index contributed by atoms with van der Waals surface area (Å²) < 4.78 is 12.5. The molecule has 4 rings (SSSR count). The van der Waals surface area contributed by atoms with Gasteiger partial charge in [-0.1, -0.05) is 30.3 Å². The molecule has 3 aromatic rings. The van der Waals surface area contributed by atoms with E-state index in [1.807, 2.05) is 18.2 Å². The van der Waals surface area contributed by atoms with Gasteiger partial charge < -0.3 is 9.15 Å². The van der Waals surface area contributed by atoms with E-state index in [9.17, 15) is 14.9 Å². The maximum atomic E-state index is 12.2. The average molecular weight is 397 g/mol. The van der Waals surface area contributed by atoms with Gasteiger partial charge in [-0.05, 0) is 25.0 Å². The highest BCUT2D eigenvalue weighted by molar-refractivity contribution is 5.75. The largest absolute Gasteiger partial charge is 0.419 e. The highest BCUT2D eigenvalue weighted by Crippen LogP contribution is 2.27. The molecule has 0 N–H and O–H groups in total. The number of hydrogen-bond acceptors (Lipinski definition) is 6. The highest BCUT2D eigenvalue weighted by Gasteiger charge is 2.29. The van der Waals surface area contributed by atoms with Crippen molar-refractivity contribution in [2.75, 3.05) is 19.8 Å². The highest BCUT2D eigenvalue weighted by atomic mass is 16.6. The molecule has 2 heterocycles. The number of fused-ring (bicyclic) bond motifs is 1. The first-order chi connectivity index (χ1) is 14.0. The Morgan fingerprint density at radius 1 is 1.14 bits per heavy atom. The number of nitro benzene ring substituents is 1. The lowest BCUT2D eigenvalue weighted by atomic mass is 10.0. The summed E-state index contributed by atoms with van der Waals surface area (Å²) in [6.07, 6.45) is 0.713. The molecule has 2 atom stereocenters. The summed E-state index contributed by atoms with van der Waals surface area (Å²) in [6.45, 7) is 4.65. The minimum absolute atomic E-state index is 0.0574. The molecule has 1 aromatic heterocycles. The molecule has 1 aliphatic rings. The molecule has 0 amide bonds. The number of nitrogens with zero attached hydrogens (tertiary/aromatic N) is 3. The molecule has 2 aromatic carbocycles. The van der Waals surface area contributed by atoms with Crippen molar-refractivity contribution in [1.82, 2.24) is 9.47 Å². The predicted molar refractivity (Wildman–Crippen MR) is 108 cm³/mol. The van der Waals surface area contributed by atoms with Gasteiger partial charge >= 0.3 is 5.76 Å². The minimum atomic E-state index is -0.491. The molecule has 1 fully saturated rings. The summed E-state index contributed by atoms with van der Waals surface area (Å²) in [5.41, 5.74) is 1.97. The summed E-state index contributed by atoms with van der Waals surface area (Å²) >= 11 is 0. The Balaban J connectivity index is 1.51. The van der Waals surface area contributed by atoms with Crippen LogP contribution in [0.25, 0.3) is 11.1 Å². The fourth-order valence-electron chi connectivity index (χ4n) is 3.98. The van der Waals surface area contributed by atoms with Crippen LogP contribution >= 0.6 is 0 Å². The molecule has 8 heteroatoms. The normalized spacial score (nSPS) is 20.2. The van der Waals surface area contributed by atoms with Gasteiger partial charge in [0.2, 0.25) is 0 Å². The zero-order valence-corrected chi connectivity index (χ0v) is 16.2. The molecule has 0 unspecified atom stereocenters. The predicted octanol–water partition coefficient (Wildman–Crippen LogP) is 3.35. The first kappa shape index (κ1) is 19.4. The number of aryl methyl sites for hydroxylation is 1. The second-order valence-electron chi connectivity index (χ2n) is 7.33. The van der Waals surface area contributed by atoms with Crippen molar-refractivity contribution in [3.05, 3.63) is 74.8 Å². The SMILES string of the molecule is C[C@H]1COC[C@H](c2ccccc2)N1CCCn1c(=O)oc2ccc([N+](=O)[O-])cc21. The molecule has 0 aliphatic carbocycles. The van der Waals surface area contributed by atoms with E-state index >= 15 is 0 Å². The van der Waals surface area contributed by atoms with Gasteiger partial charge in [-0.15, -0.1) is 0 Å². The van der Waals surface area contributed by atoms with E-state index in [1.54, 1.807) is 0 Å². The fraction of sp³-hybridized carbons (Fsp3) is 0.381. The van der Waals surface area contributed by atoms with Gasteiger partial charge in [-0.2, -0.15) is 0 Å². The zero-order chi connectivity index (χ0) is 20.4. The lowest BCUT2D eigenvalue weighted by Crippen LogP contribution is -2.46. The number of ether oxygens (including phenoxy) is 1. The van der Waals surface area contributed by atoms with Crippen molar-refractivity contribution in [3.63, 3.8) is 0 Å². The van der Waals surface area contributed by atoms with Gasteiger partial charge in [-0.25, -0.2) is 4.79 Å². The van der Waals surface area contributed by atoms with Crippen LogP contribution in [0.5, 0.6) is 0 Å². The Kier molecular flexibility index (Phi) is 5.46. The van der Waals surface area contributed by atoms with Crippen LogP contribution in [-0.2, 0) is 11.3 Å². The number of rotatable bonds is 6. The molecule has 8 nitrogen and oxygen atoms in total. The van der Waals surface area contributed by atoms with Gasteiger partial charge in [0.1, 0.15) is 0 Å². The smallest absolute Gasteiger partial charge is 0.408 e. The number of morpholine rings is 1. The van der Waals surface area contributed by atoms with Crippen LogP contribution in [0.4, 0.5) is 5.69 Å². The van der Waals surface area contributed by atoms with Crippen LogP contribution in [-0.4, -0.2) is 40.2 Å². The van der Waals surface area contributed by atoms with Crippen LogP contribution in [0.3, 0.4) is 0 Å². The molecule has 1 aliphatic heterocycles. The van der Waals surface area contributed by atoms with Gasteiger partial charge in [-0.3, -0.25) is 19.6 Å². The third kappa shape index (κ3) is 3.94. The van der Waals surface area contributed by atoms with Crippen LogP contribution in [0.1, 0.15) is 24.9 Å². The quantitative estimate of drug-likeness (QED) is 0.468. The second-order valence-corrected chi connectivity index (χ2v) is 7.33. The first-order valence-electron chi connectivity index (χ1n) is 9.71. The first-order valence-corrected chi connectivity index (χ1v) is 9.71. The van der Waals surface area contributed by atoms with E-state index in [1.165, 1.54) is 28.3 Å². The second kappa shape index (κ2) is 8.18. The number of oxazole rings is 1. The summed E-state index contributed by atoms with van der Waals surface area (Å²) in [5, 5.41) is 11.1. The van der Waals surface area contributed by atoms with Crippen molar-refractivity contribution in [1.29, 1.82) is 0 Å². The number of benzene rings is 2. The van der Waals surface area contributed by atoms with Crippen LogP contribution in [0, 0.1) is 10.1 Å². The van der Waals surface area contributed by atoms with E-state index < -0.39 is 10.7 Å². The Labute approximate surface area is 167 Å². The molecule has 0 spiro atoms. The van der Waals surface area contributed by atoms with E-state index in [0.717, 1.165) is 6.54 Å². The molecule has 0 saturated carbocycles. The van der Waals surface area contributed by atoms with Crippen LogP contribution < -0.4 is 5.76 Å². The molecule has 1 saturated heterocycles. The zero-order valence-electron chi connectivity index (χ0n) is 16.2. The van der Waals surface area contributed by atoms with E-state index in [4.69, 9.17) is 9.15 Å². The monoisotopic (exact) mass is 397 g/mol. The Morgan fingerprint density at radius 2 is 1.93 bits per heavy atom. The third-order valence-electron chi connectivity index (χ3n) is 5.45. The molecular formula is C21H23N3O5. The number of hydrogen-bond donors (Lipinski definition) is 0. The molecule has 152 valence electrons. The van der Waals surface area contributed by atoms with E-state index in [-0.39, 0.29) is 17.8 Å². The number of non-ortho nitro benzene ring substituents is 1. The fourth-order valence-corrected chi connectivity index (χ4v) is 3.98. The Bertz CT molecular complexity index is 1060. The van der Waals surface area contributed by atoms with Crippen molar-refractivity contribution in [3.8, 4) is 0 Å². The number of nitro groups is 1. The Morgan fingerprint density at radius 3 is 2.69 bits per heavy atom. The van der Waals surface area contributed by atoms with Gasteiger partial charge in [0.25, 0.3) is 5.69 Å². The molecule has 0 radical (unpaired) electrons. The average Bonchev–Trinajstić information content (AvgIpc) is 3.04. The maximum Gasteiger partial charge on any atom is 0.419 e. The van der Waals surface area contributed by atoms with Crippen molar-refractivity contribution >= 4 is 16.8 Å².